The third kappa shape index (κ3) is 7.24. The Morgan fingerprint density at radius 1 is 0.585 bits per heavy atom. The SMILES string of the molecule is CC(C)(C)c1cc(-[n+]2[c-]n(-c3cc(Oc4ccc5c6ccccc6n(-c6cc(C(C)(C)C)ccn6)c5c4)cc(C(C)(C)C)n3)cc2)cc(C(C)(C)C)c1. The van der Waals surface area contributed by atoms with Crippen LogP contribution in [0.25, 0.3) is 39.1 Å². The van der Waals surface area contributed by atoms with Crippen molar-refractivity contribution in [3.63, 3.8) is 0 Å². The van der Waals surface area contributed by atoms with E-state index in [9.17, 15) is 0 Å². The molecule has 6 nitrogen and oxygen atoms in total. The van der Waals surface area contributed by atoms with Gasteiger partial charge in [0.1, 0.15) is 17.3 Å². The van der Waals surface area contributed by atoms with Gasteiger partial charge in [-0.3, -0.25) is 18.7 Å². The summed E-state index contributed by atoms with van der Waals surface area (Å²) in [5.41, 5.74) is 7.81. The fraction of sp³-hybridized carbons (Fsp3) is 0.340. The zero-order valence-electron chi connectivity index (χ0n) is 33.5. The number of ether oxygens (including phenoxy) is 1. The van der Waals surface area contributed by atoms with Gasteiger partial charge in [0.2, 0.25) is 0 Å². The van der Waals surface area contributed by atoms with Crippen molar-refractivity contribution in [2.75, 3.05) is 0 Å². The summed E-state index contributed by atoms with van der Waals surface area (Å²) in [4.78, 5) is 9.98. The van der Waals surface area contributed by atoms with Crippen molar-refractivity contribution in [2.45, 2.75) is 105 Å². The molecule has 0 aliphatic carbocycles. The minimum Gasteiger partial charge on any atom is -0.458 e. The smallest absolute Gasteiger partial charge is 0.270 e. The van der Waals surface area contributed by atoms with Gasteiger partial charge in [-0.1, -0.05) is 107 Å². The molecule has 0 unspecified atom stereocenters. The van der Waals surface area contributed by atoms with Crippen molar-refractivity contribution < 1.29 is 9.30 Å². The first kappa shape index (κ1) is 36.1. The average molecular weight is 704 g/mol. The van der Waals surface area contributed by atoms with E-state index in [-0.39, 0.29) is 21.7 Å². The lowest BCUT2D eigenvalue weighted by Gasteiger charge is -2.26. The molecule has 0 aliphatic rings. The maximum atomic E-state index is 6.74. The summed E-state index contributed by atoms with van der Waals surface area (Å²) in [5.74, 6) is 3.09. The molecule has 3 aromatic carbocycles. The third-order valence-corrected chi connectivity index (χ3v) is 10.0. The second-order valence-corrected chi connectivity index (χ2v) is 18.5. The minimum absolute atomic E-state index is 0.00319. The molecule has 0 amide bonds. The highest BCUT2D eigenvalue weighted by Gasteiger charge is 2.23. The number of rotatable bonds is 5. The highest BCUT2D eigenvalue weighted by Crippen LogP contribution is 2.37. The third-order valence-electron chi connectivity index (χ3n) is 10.0. The van der Waals surface area contributed by atoms with Crippen molar-refractivity contribution >= 4 is 21.8 Å². The highest BCUT2D eigenvalue weighted by molar-refractivity contribution is 6.09. The molecule has 0 aliphatic heterocycles. The lowest BCUT2D eigenvalue weighted by atomic mass is 9.80. The van der Waals surface area contributed by atoms with Gasteiger partial charge in [0.15, 0.2) is 5.82 Å². The fourth-order valence-electron chi connectivity index (χ4n) is 6.67. The molecule has 0 saturated carbocycles. The summed E-state index contributed by atoms with van der Waals surface area (Å²) in [7, 11) is 0. The Morgan fingerprint density at radius 3 is 1.91 bits per heavy atom. The highest BCUT2D eigenvalue weighted by atomic mass is 16.5. The molecule has 7 rings (SSSR count). The number of imidazole rings is 1. The van der Waals surface area contributed by atoms with Crippen LogP contribution in [0.2, 0.25) is 0 Å². The van der Waals surface area contributed by atoms with Gasteiger partial charge >= 0.3 is 0 Å². The summed E-state index contributed by atoms with van der Waals surface area (Å²) >= 11 is 0. The molecule has 6 heteroatoms. The number of fused-ring (bicyclic) bond motifs is 3. The minimum atomic E-state index is -0.208. The molecule has 0 radical (unpaired) electrons. The standard InChI is InChI=1S/C47H53N5O/c1-44(2,3)31-19-20-48-42(26-31)52-39-16-14-13-15-37(39)38-18-17-35(27-40(38)52)53-36-28-41(47(10,11)12)49-43(29-36)51-22-21-50(30-51)34-24-32(45(4,5)6)23-33(25-34)46(7,8)9/h13-29H,1-12H3. The van der Waals surface area contributed by atoms with E-state index in [2.05, 4.69) is 184 Å². The van der Waals surface area contributed by atoms with Gasteiger partial charge in [0.05, 0.1) is 16.7 Å². The van der Waals surface area contributed by atoms with E-state index in [1.807, 2.05) is 23.0 Å². The van der Waals surface area contributed by atoms with Crippen LogP contribution < -0.4 is 9.30 Å². The Labute approximate surface area is 315 Å². The van der Waals surface area contributed by atoms with E-state index in [0.29, 0.717) is 5.75 Å². The molecule has 53 heavy (non-hydrogen) atoms. The van der Waals surface area contributed by atoms with Crippen LogP contribution in [0.5, 0.6) is 11.5 Å². The van der Waals surface area contributed by atoms with Crippen LogP contribution in [0.3, 0.4) is 0 Å². The molecule has 0 saturated heterocycles. The molecular weight excluding hydrogens is 651 g/mol. The summed E-state index contributed by atoms with van der Waals surface area (Å²) in [6, 6.07) is 30.1. The topological polar surface area (TPSA) is 48.8 Å². The maximum absolute atomic E-state index is 6.74. The van der Waals surface area contributed by atoms with Crippen molar-refractivity contribution in [3.8, 4) is 28.8 Å². The van der Waals surface area contributed by atoms with Gasteiger partial charge in [-0.25, -0.2) is 4.98 Å². The van der Waals surface area contributed by atoms with Crippen LogP contribution in [0.4, 0.5) is 0 Å². The molecule has 0 fully saturated rings. The number of benzene rings is 3. The molecule has 0 spiro atoms. The van der Waals surface area contributed by atoms with Crippen LogP contribution in [-0.2, 0) is 21.7 Å². The molecule has 272 valence electrons. The van der Waals surface area contributed by atoms with E-state index >= 15 is 0 Å². The summed E-state index contributed by atoms with van der Waals surface area (Å²) in [6.45, 7) is 26.8. The Balaban J connectivity index is 1.31. The largest absolute Gasteiger partial charge is 0.458 e. The Morgan fingerprint density at radius 2 is 1.25 bits per heavy atom. The van der Waals surface area contributed by atoms with E-state index in [1.165, 1.54) is 22.1 Å². The van der Waals surface area contributed by atoms with Crippen molar-refractivity contribution in [1.29, 1.82) is 0 Å². The van der Waals surface area contributed by atoms with Gasteiger partial charge in [-0.05, 0) is 75.4 Å². The zero-order valence-corrected chi connectivity index (χ0v) is 33.5. The number of aromatic nitrogens is 5. The Hall–Kier alpha value is -5.23. The first-order valence-corrected chi connectivity index (χ1v) is 18.7. The van der Waals surface area contributed by atoms with Crippen LogP contribution in [0.1, 0.15) is 105 Å². The lowest BCUT2D eigenvalue weighted by Crippen LogP contribution is -2.30. The molecule has 0 N–H and O–H groups in total. The molecule has 7 aromatic rings. The van der Waals surface area contributed by atoms with Crippen LogP contribution in [-0.4, -0.2) is 19.1 Å². The average Bonchev–Trinajstić information content (AvgIpc) is 3.70. The zero-order chi connectivity index (χ0) is 38.1. The van der Waals surface area contributed by atoms with Gasteiger partial charge in [-0.2, -0.15) is 0 Å². The van der Waals surface area contributed by atoms with E-state index < -0.39 is 0 Å². The van der Waals surface area contributed by atoms with Crippen LogP contribution in [0, 0.1) is 6.33 Å². The summed E-state index contributed by atoms with van der Waals surface area (Å²) in [5, 5.41) is 2.33. The van der Waals surface area contributed by atoms with Crippen LogP contribution in [0.15, 0.2) is 104 Å². The van der Waals surface area contributed by atoms with Gasteiger partial charge in [0, 0.05) is 58.7 Å². The molecular formula is C47H53N5O. The van der Waals surface area contributed by atoms with Crippen molar-refractivity contribution in [2.24, 2.45) is 0 Å². The normalized spacial score (nSPS) is 12.9. The molecule has 0 bridgehead atoms. The van der Waals surface area contributed by atoms with Gasteiger partial charge in [-0.15, -0.1) is 0 Å². The van der Waals surface area contributed by atoms with E-state index in [0.717, 1.165) is 45.2 Å². The second-order valence-electron chi connectivity index (χ2n) is 18.5. The monoisotopic (exact) mass is 703 g/mol. The Bertz CT molecular complexity index is 2440. The maximum Gasteiger partial charge on any atom is 0.270 e. The first-order valence-electron chi connectivity index (χ1n) is 18.7. The Kier molecular flexibility index (Phi) is 8.67. The molecule has 4 heterocycles. The predicted octanol–water partition coefficient (Wildman–Crippen LogP) is 11.4. The predicted molar refractivity (Wildman–Crippen MR) is 217 cm³/mol. The second kappa shape index (κ2) is 12.7. The number of para-hydroxylation sites is 1. The van der Waals surface area contributed by atoms with Gasteiger partial charge in [0.25, 0.3) is 6.33 Å². The molecule has 0 atom stereocenters. The number of hydrogen-bond donors (Lipinski definition) is 0. The number of pyridine rings is 2. The van der Waals surface area contributed by atoms with E-state index in [1.54, 1.807) is 0 Å². The fourth-order valence-corrected chi connectivity index (χ4v) is 6.67. The number of hydrogen-bond acceptors (Lipinski definition) is 3. The van der Waals surface area contributed by atoms with Crippen LogP contribution >= 0.6 is 0 Å². The summed E-state index contributed by atoms with van der Waals surface area (Å²) in [6.07, 6.45) is 9.54. The lowest BCUT2D eigenvalue weighted by molar-refractivity contribution is -0.599. The molecule has 4 aromatic heterocycles. The van der Waals surface area contributed by atoms with Gasteiger partial charge < -0.3 is 4.74 Å². The number of nitrogens with zero attached hydrogens (tertiary/aromatic N) is 5. The first-order chi connectivity index (χ1) is 24.8. The van der Waals surface area contributed by atoms with E-state index in [4.69, 9.17) is 14.7 Å². The quantitative estimate of drug-likeness (QED) is 0.132. The van der Waals surface area contributed by atoms with Crippen molar-refractivity contribution in [3.05, 3.63) is 132 Å². The van der Waals surface area contributed by atoms with Crippen molar-refractivity contribution in [1.82, 2.24) is 19.1 Å². The summed E-state index contributed by atoms with van der Waals surface area (Å²) < 4.78 is 13.0.